The number of aromatic nitrogens is 2. The molecule has 1 atom stereocenters. The molecule has 1 aliphatic rings. The van der Waals surface area contributed by atoms with Crippen LogP contribution in [-0.2, 0) is 11.2 Å². The van der Waals surface area contributed by atoms with E-state index in [0.717, 1.165) is 12.8 Å². The van der Waals surface area contributed by atoms with Gasteiger partial charge in [0.05, 0.1) is 0 Å². The molecule has 0 aromatic carbocycles. The monoisotopic (exact) mass is 268 g/mol. The van der Waals surface area contributed by atoms with E-state index in [2.05, 4.69) is 20.8 Å². The molecule has 19 heavy (non-hydrogen) atoms. The van der Waals surface area contributed by atoms with E-state index in [0.29, 0.717) is 24.7 Å². The maximum Gasteiger partial charge on any atom is 0.326 e. The van der Waals surface area contributed by atoms with E-state index in [1.807, 2.05) is 0 Å². The van der Waals surface area contributed by atoms with Crippen LogP contribution in [0.15, 0.2) is 4.52 Å². The van der Waals surface area contributed by atoms with Crippen molar-refractivity contribution in [3.05, 3.63) is 11.7 Å². The highest BCUT2D eigenvalue weighted by Gasteiger charge is 2.37. The average Bonchev–Trinajstić information content (AvgIpc) is 3.10. The lowest BCUT2D eigenvalue weighted by molar-refractivity contribution is -0.139. The van der Waals surface area contributed by atoms with E-state index in [1.54, 1.807) is 6.92 Å². The Hall–Kier alpha value is -2.12. The molecule has 8 nitrogen and oxygen atoms in total. The molecule has 0 bridgehead atoms. The molecule has 0 spiro atoms. The van der Waals surface area contributed by atoms with E-state index < -0.39 is 18.0 Å². The Balaban J connectivity index is 1.70. The second-order valence-corrected chi connectivity index (χ2v) is 4.54. The maximum atomic E-state index is 11.5. The number of urea groups is 1. The van der Waals surface area contributed by atoms with Crippen LogP contribution in [-0.4, -0.2) is 39.8 Å². The molecule has 1 fully saturated rings. The number of carbonyl (C=O) groups is 2. The minimum atomic E-state index is -0.995. The van der Waals surface area contributed by atoms with Crippen LogP contribution in [0.5, 0.6) is 0 Å². The summed E-state index contributed by atoms with van der Waals surface area (Å²) in [6.45, 7) is 2.02. The lowest BCUT2D eigenvalue weighted by Crippen LogP contribution is -2.47. The Morgan fingerprint density at radius 2 is 2.26 bits per heavy atom. The van der Waals surface area contributed by atoms with Gasteiger partial charge in [-0.3, -0.25) is 0 Å². The quantitative estimate of drug-likeness (QED) is 0.672. The highest BCUT2D eigenvalue weighted by Crippen LogP contribution is 2.32. The summed E-state index contributed by atoms with van der Waals surface area (Å²) in [7, 11) is 0. The molecule has 1 heterocycles. The van der Waals surface area contributed by atoms with Crippen molar-refractivity contribution >= 4 is 12.0 Å². The van der Waals surface area contributed by atoms with Crippen molar-refractivity contribution in [3.63, 3.8) is 0 Å². The van der Waals surface area contributed by atoms with Gasteiger partial charge >= 0.3 is 12.0 Å². The van der Waals surface area contributed by atoms with Crippen LogP contribution in [0.1, 0.15) is 24.6 Å². The van der Waals surface area contributed by atoms with E-state index >= 15 is 0 Å². The molecule has 8 heteroatoms. The zero-order valence-corrected chi connectivity index (χ0v) is 10.5. The first-order chi connectivity index (χ1) is 9.06. The predicted octanol–water partition coefficient (Wildman–Crippen LogP) is 0.0829. The van der Waals surface area contributed by atoms with Crippen LogP contribution in [0.25, 0.3) is 0 Å². The van der Waals surface area contributed by atoms with Crippen LogP contribution >= 0.6 is 0 Å². The largest absolute Gasteiger partial charge is 0.480 e. The highest BCUT2D eigenvalue weighted by atomic mass is 16.5. The van der Waals surface area contributed by atoms with Crippen molar-refractivity contribution in [2.24, 2.45) is 5.92 Å². The lowest BCUT2D eigenvalue weighted by atomic mass is 10.2. The number of amides is 2. The first-order valence-corrected chi connectivity index (χ1v) is 6.12. The smallest absolute Gasteiger partial charge is 0.326 e. The zero-order chi connectivity index (χ0) is 13.8. The molecule has 2 amide bonds. The number of carboxylic acid groups (broad SMARTS) is 1. The Labute approximate surface area is 109 Å². The van der Waals surface area contributed by atoms with E-state index in [4.69, 9.17) is 9.63 Å². The standard InChI is InChI=1S/C11H16N4O4/c1-6-13-8(19-15-6)4-5-12-11(18)14-9(10(16)17)7-2-3-7/h7,9H,2-5H2,1H3,(H,16,17)(H2,12,14,18). The van der Waals surface area contributed by atoms with Crippen LogP contribution in [0.3, 0.4) is 0 Å². The van der Waals surface area contributed by atoms with E-state index in [9.17, 15) is 9.59 Å². The zero-order valence-electron chi connectivity index (χ0n) is 10.5. The molecule has 1 aromatic rings. The van der Waals surface area contributed by atoms with E-state index in [1.165, 1.54) is 0 Å². The fraction of sp³-hybridized carbons (Fsp3) is 0.636. The molecule has 1 saturated carbocycles. The van der Waals surface area contributed by atoms with Gasteiger partial charge < -0.3 is 20.3 Å². The van der Waals surface area contributed by atoms with Gasteiger partial charge in [-0.15, -0.1) is 0 Å². The summed E-state index contributed by atoms with van der Waals surface area (Å²) >= 11 is 0. The predicted molar refractivity (Wildman–Crippen MR) is 63.4 cm³/mol. The first-order valence-electron chi connectivity index (χ1n) is 6.12. The van der Waals surface area contributed by atoms with Crippen molar-refractivity contribution in [3.8, 4) is 0 Å². The number of hydrogen-bond acceptors (Lipinski definition) is 5. The average molecular weight is 268 g/mol. The van der Waals surface area contributed by atoms with Crippen LogP contribution < -0.4 is 10.6 Å². The van der Waals surface area contributed by atoms with Crippen molar-refractivity contribution < 1.29 is 19.2 Å². The third-order valence-corrected chi connectivity index (χ3v) is 2.84. The number of carboxylic acids is 1. The fourth-order valence-corrected chi connectivity index (χ4v) is 1.73. The summed E-state index contributed by atoms with van der Waals surface area (Å²) in [6, 6.07) is -1.29. The maximum absolute atomic E-state index is 11.5. The van der Waals surface area contributed by atoms with Crippen molar-refractivity contribution in [2.75, 3.05) is 6.54 Å². The van der Waals surface area contributed by atoms with Gasteiger partial charge in [0.2, 0.25) is 5.89 Å². The lowest BCUT2D eigenvalue weighted by Gasteiger charge is -2.13. The van der Waals surface area contributed by atoms with Crippen molar-refractivity contribution in [1.82, 2.24) is 20.8 Å². The van der Waals surface area contributed by atoms with E-state index in [-0.39, 0.29) is 5.92 Å². The first kappa shape index (κ1) is 13.3. The normalized spacial score (nSPS) is 15.8. The van der Waals surface area contributed by atoms with Gasteiger partial charge in [-0.05, 0) is 25.7 Å². The number of carbonyl (C=O) groups excluding carboxylic acids is 1. The minimum absolute atomic E-state index is 0.0573. The minimum Gasteiger partial charge on any atom is -0.480 e. The fourth-order valence-electron chi connectivity index (χ4n) is 1.73. The van der Waals surface area contributed by atoms with Gasteiger partial charge in [-0.1, -0.05) is 5.16 Å². The van der Waals surface area contributed by atoms with Gasteiger partial charge in [0.25, 0.3) is 0 Å². The molecule has 0 radical (unpaired) electrons. The summed E-state index contributed by atoms with van der Waals surface area (Å²) in [5.74, 6) is 0.0425. The second kappa shape index (κ2) is 5.68. The Kier molecular flexibility index (Phi) is 3.98. The number of nitrogens with zero attached hydrogens (tertiary/aromatic N) is 2. The molecule has 0 saturated heterocycles. The topological polar surface area (TPSA) is 117 Å². The van der Waals surface area contributed by atoms with Crippen molar-refractivity contribution in [2.45, 2.75) is 32.2 Å². The number of aliphatic carboxylic acids is 1. The molecule has 3 N–H and O–H groups in total. The van der Waals surface area contributed by atoms with Crippen LogP contribution in [0.2, 0.25) is 0 Å². The van der Waals surface area contributed by atoms with Gasteiger partial charge in [0.1, 0.15) is 6.04 Å². The highest BCUT2D eigenvalue weighted by molar-refractivity contribution is 5.83. The molecule has 2 rings (SSSR count). The molecule has 1 unspecified atom stereocenters. The summed E-state index contributed by atoms with van der Waals surface area (Å²) in [5.41, 5.74) is 0. The van der Waals surface area contributed by atoms with Gasteiger partial charge in [-0.25, -0.2) is 9.59 Å². The van der Waals surface area contributed by atoms with Gasteiger partial charge in [0.15, 0.2) is 5.82 Å². The van der Waals surface area contributed by atoms with Gasteiger partial charge in [0, 0.05) is 13.0 Å². The number of hydrogen-bond donors (Lipinski definition) is 3. The second-order valence-electron chi connectivity index (χ2n) is 4.54. The third-order valence-electron chi connectivity index (χ3n) is 2.84. The third kappa shape index (κ3) is 3.94. The Morgan fingerprint density at radius 1 is 1.53 bits per heavy atom. The van der Waals surface area contributed by atoms with Crippen molar-refractivity contribution in [1.29, 1.82) is 0 Å². The summed E-state index contributed by atoms with van der Waals surface area (Å²) < 4.78 is 4.89. The molecular formula is C11H16N4O4. The number of nitrogens with one attached hydrogen (secondary N) is 2. The van der Waals surface area contributed by atoms with Crippen LogP contribution in [0, 0.1) is 12.8 Å². The number of rotatable bonds is 6. The molecule has 1 aliphatic carbocycles. The molecule has 104 valence electrons. The summed E-state index contributed by atoms with van der Waals surface area (Å²) in [5, 5.41) is 17.6. The molecule has 0 aliphatic heterocycles. The number of aryl methyl sites for hydroxylation is 1. The summed E-state index contributed by atoms with van der Waals surface area (Å²) in [4.78, 5) is 26.5. The van der Waals surface area contributed by atoms with Gasteiger partial charge in [-0.2, -0.15) is 4.98 Å². The molecular weight excluding hydrogens is 252 g/mol. The Bertz CT molecular complexity index is 469. The Morgan fingerprint density at radius 3 is 2.79 bits per heavy atom. The summed E-state index contributed by atoms with van der Waals surface area (Å²) in [6.07, 6.45) is 2.10. The molecule has 1 aromatic heterocycles. The van der Waals surface area contributed by atoms with Crippen LogP contribution in [0.4, 0.5) is 4.79 Å². The SMILES string of the molecule is Cc1noc(CCNC(=O)NC(C(=O)O)C2CC2)n1.